The molecule has 2 N–H and O–H groups in total. The zero-order chi connectivity index (χ0) is 15.5. The highest BCUT2D eigenvalue weighted by Gasteiger charge is 2.26. The summed E-state index contributed by atoms with van der Waals surface area (Å²) in [5.74, 6) is 0.557. The van der Waals surface area contributed by atoms with Crippen LogP contribution < -0.4 is 5.73 Å². The van der Waals surface area contributed by atoms with Gasteiger partial charge < -0.3 is 5.73 Å². The summed E-state index contributed by atoms with van der Waals surface area (Å²) in [6.45, 7) is 9.10. The lowest BCUT2D eigenvalue weighted by Gasteiger charge is -2.25. The van der Waals surface area contributed by atoms with E-state index in [0.29, 0.717) is 23.2 Å². The summed E-state index contributed by atoms with van der Waals surface area (Å²) < 4.78 is 27.6. The molecule has 114 valence electrons. The molecule has 0 aliphatic heterocycles. The Kier molecular flexibility index (Phi) is 6.04. The van der Waals surface area contributed by atoms with Crippen LogP contribution in [0, 0.1) is 11.8 Å². The molecule has 0 radical (unpaired) electrons. The van der Waals surface area contributed by atoms with Crippen LogP contribution in [0.25, 0.3) is 0 Å². The standard InChI is InChI=1S/C14H23BrN2O2S/c1-10(2)8-17(9-11(3)4)20(18,19)12-5-6-14(16)13(15)7-12/h5-7,10-11H,8-9,16H2,1-4H3. The molecular formula is C14H23BrN2O2S. The molecule has 0 atom stereocenters. The van der Waals surface area contributed by atoms with E-state index in [0.717, 1.165) is 0 Å². The normalized spacial score (nSPS) is 12.6. The summed E-state index contributed by atoms with van der Waals surface area (Å²) in [5, 5.41) is 0. The Morgan fingerprint density at radius 2 is 1.65 bits per heavy atom. The maximum Gasteiger partial charge on any atom is 0.243 e. The van der Waals surface area contributed by atoms with E-state index in [4.69, 9.17) is 5.73 Å². The van der Waals surface area contributed by atoms with E-state index >= 15 is 0 Å². The fraction of sp³-hybridized carbons (Fsp3) is 0.571. The minimum absolute atomic E-state index is 0.278. The number of rotatable bonds is 6. The third kappa shape index (κ3) is 4.46. The average molecular weight is 363 g/mol. The van der Waals surface area contributed by atoms with Crippen LogP contribution in [0.2, 0.25) is 0 Å². The van der Waals surface area contributed by atoms with Gasteiger partial charge >= 0.3 is 0 Å². The molecule has 0 aliphatic carbocycles. The Hall–Kier alpha value is -0.590. The quantitative estimate of drug-likeness (QED) is 0.789. The zero-order valence-corrected chi connectivity index (χ0v) is 14.8. The van der Waals surface area contributed by atoms with Crippen LogP contribution in [-0.4, -0.2) is 25.8 Å². The highest BCUT2D eigenvalue weighted by molar-refractivity contribution is 9.10. The van der Waals surface area contributed by atoms with Crippen LogP contribution in [0.4, 0.5) is 5.69 Å². The first-order chi connectivity index (χ1) is 9.14. The predicted octanol–water partition coefficient (Wildman–Crippen LogP) is 3.33. The lowest BCUT2D eigenvalue weighted by atomic mass is 10.2. The lowest BCUT2D eigenvalue weighted by molar-refractivity contribution is 0.333. The fourth-order valence-electron chi connectivity index (χ4n) is 1.90. The van der Waals surface area contributed by atoms with Gasteiger partial charge in [0.25, 0.3) is 0 Å². The third-order valence-electron chi connectivity index (χ3n) is 2.75. The van der Waals surface area contributed by atoms with Crippen molar-refractivity contribution in [2.24, 2.45) is 11.8 Å². The summed E-state index contributed by atoms with van der Waals surface area (Å²) in [7, 11) is -3.48. The van der Waals surface area contributed by atoms with Crippen LogP contribution in [0.5, 0.6) is 0 Å². The number of nitrogens with zero attached hydrogens (tertiary/aromatic N) is 1. The second-order valence-corrected chi connectivity index (χ2v) is 8.59. The minimum Gasteiger partial charge on any atom is -0.398 e. The molecule has 20 heavy (non-hydrogen) atoms. The minimum atomic E-state index is -3.48. The lowest BCUT2D eigenvalue weighted by Crippen LogP contribution is -2.37. The van der Waals surface area contributed by atoms with E-state index in [1.165, 1.54) is 0 Å². The van der Waals surface area contributed by atoms with Gasteiger partial charge in [-0.3, -0.25) is 0 Å². The van der Waals surface area contributed by atoms with Crippen molar-refractivity contribution < 1.29 is 8.42 Å². The molecule has 0 amide bonds. The van der Waals surface area contributed by atoms with E-state index in [-0.39, 0.29) is 16.7 Å². The molecule has 0 bridgehead atoms. The van der Waals surface area contributed by atoms with Gasteiger partial charge in [-0.15, -0.1) is 0 Å². The summed E-state index contributed by atoms with van der Waals surface area (Å²) in [6, 6.07) is 4.74. The first-order valence-corrected chi connectivity index (χ1v) is 8.93. The third-order valence-corrected chi connectivity index (χ3v) is 5.26. The SMILES string of the molecule is CC(C)CN(CC(C)C)S(=O)(=O)c1ccc(N)c(Br)c1. The fourth-order valence-corrected chi connectivity index (χ4v) is 4.23. The van der Waals surface area contributed by atoms with Crippen molar-refractivity contribution in [3.8, 4) is 0 Å². The Morgan fingerprint density at radius 3 is 2.05 bits per heavy atom. The van der Waals surface area contributed by atoms with Crippen LogP contribution in [0.3, 0.4) is 0 Å². The zero-order valence-electron chi connectivity index (χ0n) is 12.4. The van der Waals surface area contributed by atoms with E-state index < -0.39 is 10.0 Å². The molecule has 1 rings (SSSR count). The molecular weight excluding hydrogens is 340 g/mol. The van der Waals surface area contributed by atoms with Gasteiger partial charge in [-0.1, -0.05) is 27.7 Å². The van der Waals surface area contributed by atoms with Gasteiger partial charge in [0.2, 0.25) is 10.0 Å². The van der Waals surface area contributed by atoms with Crippen molar-refractivity contribution in [1.29, 1.82) is 0 Å². The first kappa shape index (κ1) is 17.5. The number of hydrogen-bond donors (Lipinski definition) is 1. The smallest absolute Gasteiger partial charge is 0.243 e. The molecule has 0 spiro atoms. The van der Waals surface area contributed by atoms with Crippen LogP contribution >= 0.6 is 15.9 Å². The maximum absolute atomic E-state index is 12.7. The van der Waals surface area contributed by atoms with Crippen LogP contribution in [0.1, 0.15) is 27.7 Å². The molecule has 0 unspecified atom stereocenters. The van der Waals surface area contributed by atoms with Crippen molar-refractivity contribution in [2.75, 3.05) is 18.8 Å². The Labute approximate surface area is 130 Å². The molecule has 0 fully saturated rings. The van der Waals surface area contributed by atoms with Gasteiger partial charge in [-0.2, -0.15) is 4.31 Å². The number of nitrogens with two attached hydrogens (primary N) is 1. The molecule has 6 heteroatoms. The van der Waals surface area contributed by atoms with Crippen molar-refractivity contribution in [2.45, 2.75) is 32.6 Å². The number of halogens is 1. The summed E-state index contributed by atoms with van der Waals surface area (Å²) in [6.07, 6.45) is 0. The second-order valence-electron chi connectivity index (χ2n) is 5.79. The van der Waals surface area contributed by atoms with Crippen molar-refractivity contribution in [3.05, 3.63) is 22.7 Å². The molecule has 0 saturated heterocycles. The van der Waals surface area contributed by atoms with E-state index in [1.807, 2.05) is 27.7 Å². The van der Waals surface area contributed by atoms with Gasteiger partial charge in [-0.05, 0) is 46.0 Å². The first-order valence-electron chi connectivity index (χ1n) is 6.69. The Morgan fingerprint density at radius 1 is 1.15 bits per heavy atom. The molecule has 0 saturated carbocycles. The maximum atomic E-state index is 12.7. The highest BCUT2D eigenvalue weighted by atomic mass is 79.9. The number of benzene rings is 1. The van der Waals surface area contributed by atoms with Gasteiger partial charge in [0.1, 0.15) is 0 Å². The number of nitrogen functional groups attached to an aromatic ring is 1. The summed E-state index contributed by atoms with van der Waals surface area (Å²) in [5.41, 5.74) is 6.25. The molecule has 4 nitrogen and oxygen atoms in total. The van der Waals surface area contributed by atoms with Crippen LogP contribution in [-0.2, 0) is 10.0 Å². The number of anilines is 1. The topological polar surface area (TPSA) is 63.4 Å². The van der Waals surface area contributed by atoms with E-state index in [1.54, 1.807) is 22.5 Å². The predicted molar refractivity (Wildman–Crippen MR) is 87.0 cm³/mol. The van der Waals surface area contributed by atoms with E-state index in [9.17, 15) is 8.42 Å². The van der Waals surface area contributed by atoms with Crippen molar-refractivity contribution >= 4 is 31.6 Å². The second kappa shape index (κ2) is 6.91. The molecule has 1 aromatic carbocycles. The number of sulfonamides is 1. The molecule has 0 aliphatic rings. The number of hydrogen-bond acceptors (Lipinski definition) is 3. The van der Waals surface area contributed by atoms with Crippen molar-refractivity contribution in [3.63, 3.8) is 0 Å². The van der Waals surface area contributed by atoms with Gasteiger partial charge in [0.05, 0.1) is 4.90 Å². The summed E-state index contributed by atoms with van der Waals surface area (Å²) in [4.78, 5) is 0.278. The van der Waals surface area contributed by atoms with Crippen LogP contribution in [0.15, 0.2) is 27.6 Å². The molecule has 0 heterocycles. The highest BCUT2D eigenvalue weighted by Crippen LogP contribution is 2.26. The van der Waals surface area contributed by atoms with Crippen molar-refractivity contribution in [1.82, 2.24) is 4.31 Å². The Bertz CT molecular complexity index is 546. The molecule has 1 aromatic rings. The monoisotopic (exact) mass is 362 g/mol. The average Bonchev–Trinajstić information content (AvgIpc) is 2.30. The van der Waals surface area contributed by atoms with E-state index in [2.05, 4.69) is 15.9 Å². The Balaban J connectivity index is 3.17. The van der Waals surface area contributed by atoms with Gasteiger partial charge in [0, 0.05) is 23.2 Å². The van der Waals surface area contributed by atoms with Gasteiger partial charge in [0.15, 0.2) is 0 Å². The molecule has 0 aromatic heterocycles. The largest absolute Gasteiger partial charge is 0.398 e. The van der Waals surface area contributed by atoms with Gasteiger partial charge in [-0.25, -0.2) is 8.42 Å². The summed E-state index contributed by atoms with van der Waals surface area (Å²) >= 11 is 3.28.